The average Bonchev–Trinajstić information content (AvgIpc) is 3.88. The zero-order chi connectivity index (χ0) is 30.0. The van der Waals surface area contributed by atoms with Gasteiger partial charge in [0, 0.05) is 14.5 Å². The predicted octanol–water partition coefficient (Wildman–Crippen LogP) is 5.86. The van der Waals surface area contributed by atoms with Crippen LogP contribution in [0.1, 0.15) is 113 Å². The lowest BCUT2D eigenvalue weighted by atomic mass is 9.46. The lowest BCUT2D eigenvalue weighted by Crippen LogP contribution is -2.56. The number of ether oxygens (including phenoxy) is 4. The SMILES string of the molecule is CC12CC[C@@]34CC35CC[C@H](OC3CNCCO3)C(C)(C)C5CCC4C1CC1OC([C@H](OC(=O)C3CC3)C(C)(C)O)CCC12.[HH]. The monoisotopic (exact) mass is 601 g/mol. The Balaban J connectivity index is 0.00000312. The number of fused-ring (bicyclic) bond motifs is 4. The van der Waals surface area contributed by atoms with Gasteiger partial charge in [0.2, 0.25) is 0 Å². The minimum Gasteiger partial charge on any atom is -0.456 e. The molecule has 9 unspecified atom stereocenters. The van der Waals surface area contributed by atoms with Gasteiger partial charge in [-0.05, 0) is 136 Å². The van der Waals surface area contributed by atoms with Crippen molar-refractivity contribution in [2.45, 2.75) is 148 Å². The molecule has 6 saturated carbocycles. The van der Waals surface area contributed by atoms with Gasteiger partial charge >= 0.3 is 5.97 Å². The van der Waals surface area contributed by atoms with Crippen molar-refractivity contribution in [1.82, 2.24) is 5.32 Å². The Morgan fingerprint density at radius 1 is 0.977 bits per heavy atom. The van der Waals surface area contributed by atoms with E-state index in [4.69, 9.17) is 18.9 Å². The third-order valence-electron chi connectivity index (χ3n) is 15.0. The summed E-state index contributed by atoms with van der Waals surface area (Å²) in [6.45, 7) is 13.6. The van der Waals surface area contributed by atoms with Gasteiger partial charge in [0.1, 0.15) is 0 Å². The van der Waals surface area contributed by atoms with Crippen LogP contribution >= 0.6 is 0 Å². The molecule has 2 aliphatic heterocycles. The van der Waals surface area contributed by atoms with E-state index in [0.717, 1.165) is 70.1 Å². The second-order valence-electron chi connectivity index (χ2n) is 17.7. The number of hydrogen-bond acceptors (Lipinski definition) is 7. The fourth-order valence-corrected chi connectivity index (χ4v) is 12.7. The average molecular weight is 602 g/mol. The molecule has 12 atom stereocenters. The highest BCUT2D eigenvalue weighted by molar-refractivity contribution is 5.75. The van der Waals surface area contributed by atoms with Crippen LogP contribution in [0.5, 0.6) is 0 Å². The molecule has 2 spiro atoms. The maximum absolute atomic E-state index is 12.7. The van der Waals surface area contributed by atoms with E-state index in [-0.39, 0.29) is 43.3 Å². The van der Waals surface area contributed by atoms with Gasteiger partial charge in [-0.1, -0.05) is 20.8 Å². The van der Waals surface area contributed by atoms with E-state index in [0.29, 0.717) is 28.1 Å². The maximum Gasteiger partial charge on any atom is 0.309 e. The van der Waals surface area contributed by atoms with E-state index >= 15 is 0 Å². The molecule has 0 aromatic carbocycles. The third kappa shape index (κ3) is 4.40. The van der Waals surface area contributed by atoms with Gasteiger partial charge in [-0.25, -0.2) is 0 Å². The molecule has 7 heteroatoms. The summed E-state index contributed by atoms with van der Waals surface area (Å²) in [6.07, 6.45) is 13.8. The van der Waals surface area contributed by atoms with Gasteiger partial charge in [-0.3, -0.25) is 4.79 Å². The number of rotatable bonds is 6. The van der Waals surface area contributed by atoms with Crippen molar-refractivity contribution in [2.24, 2.45) is 51.2 Å². The first-order valence-corrected chi connectivity index (χ1v) is 18.0. The van der Waals surface area contributed by atoms with Crippen molar-refractivity contribution in [3.63, 3.8) is 0 Å². The van der Waals surface area contributed by atoms with Crippen molar-refractivity contribution in [3.8, 4) is 0 Å². The lowest BCUT2D eigenvalue weighted by molar-refractivity contribution is -0.232. The van der Waals surface area contributed by atoms with Crippen molar-refractivity contribution in [2.75, 3.05) is 19.7 Å². The summed E-state index contributed by atoms with van der Waals surface area (Å²) in [7, 11) is 0. The minimum absolute atomic E-state index is 0. The molecule has 0 bridgehead atoms. The molecule has 0 aromatic rings. The normalized spacial score (nSPS) is 50.7. The zero-order valence-corrected chi connectivity index (χ0v) is 27.4. The number of esters is 1. The summed E-state index contributed by atoms with van der Waals surface area (Å²) < 4.78 is 25.6. The Labute approximate surface area is 260 Å². The minimum atomic E-state index is -1.12. The maximum atomic E-state index is 12.7. The molecule has 7 nitrogen and oxygen atoms in total. The number of hydrogen-bond donors (Lipinski definition) is 2. The van der Waals surface area contributed by atoms with E-state index in [2.05, 4.69) is 26.1 Å². The van der Waals surface area contributed by atoms with Crippen LogP contribution in [-0.4, -0.2) is 67.1 Å². The second-order valence-corrected chi connectivity index (χ2v) is 17.7. The molecular weight excluding hydrogens is 542 g/mol. The first-order chi connectivity index (χ1) is 20.4. The molecular formula is C36H59NO6. The fourth-order valence-electron chi connectivity index (χ4n) is 12.7. The summed E-state index contributed by atoms with van der Waals surface area (Å²) in [5, 5.41) is 14.5. The van der Waals surface area contributed by atoms with Gasteiger partial charge in [0.05, 0.1) is 36.4 Å². The lowest BCUT2D eigenvalue weighted by Gasteiger charge is -2.60. The summed E-state index contributed by atoms with van der Waals surface area (Å²) in [4.78, 5) is 12.7. The van der Waals surface area contributed by atoms with E-state index in [9.17, 15) is 9.90 Å². The highest BCUT2D eigenvalue weighted by Crippen LogP contribution is 2.87. The summed E-state index contributed by atoms with van der Waals surface area (Å²) in [5.41, 5.74) is 0.381. The topological polar surface area (TPSA) is 86.3 Å². The highest BCUT2D eigenvalue weighted by atomic mass is 16.7. The Bertz CT molecular complexity index is 1120. The van der Waals surface area contributed by atoms with Crippen LogP contribution in [0.3, 0.4) is 0 Å². The summed E-state index contributed by atoms with van der Waals surface area (Å²) in [6, 6.07) is 0. The molecule has 8 rings (SSSR count). The van der Waals surface area contributed by atoms with Crippen molar-refractivity contribution in [3.05, 3.63) is 0 Å². The van der Waals surface area contributed by atoms with Gasteiger partial charge in [-0.15, -0.1) is 0 Å². The van der Waals surface area contributed by atoms with Crippen LogP contribution in [0.25, 0.3) is 0 Å². The van der Waals surface area contributed by atoms with Gasteiger partial charge in [0.15, 0.2) is 12.4 Å². The molecule has 2 heterocycles. The number of morpholine rings is 1. The molecule has 2 saturated heterocycles. The first-order valence-electron chi connectivity index (χ1n) is 18.0. The number of aliphatic hydroxyl groups is 1. The number of nitrogens with one attached hydrogen (secondary N) is 1. The van der Waals surface area contributed by atoms with Crippen LogP contribution < -0.4 is 5.32 Å². The van der Waals surface area contributed by atoms with Crippen LogP contribution in [0.15, 0.2) is 0 Å². The predicted molar refractivity (Wildman–Crippen MR) is 164 cm³/mol. The largest absolute Gasteiger partial charge is 0.456 e. The number of carbonyl (C=O) groups excluding carboxylic acids is 1. The summed E-state index contributed by atoms with van der Waals surface area (Å²) in [5.74, 6) is 2.69. The van der Waals surface area contributed by atoms with E-state index in [1.807, 2.05) is 0 Å². The molecule has 0 amide bonds. The van der Waals surface area contributed by atoms with Crippen molar-refractivity contribution < 1.29 is 30.3 Å². The standard InChI is InChI=1S/C36H57NO6.H2/c1-32(2)27-11-9-22-24-18-26-23(8-10-25(41-26)30(33(3,4)39)43-31(38)21-6-7-21)34(24,5)14-15-35(22)20-36(27,35)13-12-28(32)42-29-19-37-16-17-40-29;/h21-30,37,39H,6-20H2,1-5H3;1H/t22?,23?,24?,25?,26?,27?,28-,29?,30-,34?,35-,36?;/m0./s1. The first kappa shape index (κ1) is 29.7. The smallest absolute Gasteiger partial charge is 0.309 e. The van der Waals surface area contributed by atoms with Crippen molar-refractivity contribution >= 4 is 5.97 Å². The molecule has 43 heavy (non-hydrogen) atoms. The zero-order valence-electron chi connectivity index (χ0n) is 27.4. The van der Waals surface area contributed by atoms with Crippen LogP contribution in [0.2, 0.25) is 0 Å². The van der Waals surface area contributed by atoms with Gasteiger partial charge in [0.25, 0.3) is 0 Å². The molecule has 6 aliphatic carbocycles. The van der Waals surface area contributed by atoms with Gasteiger partial charge in [-0.2, -0.15) is 0 Å². The fraction of sp³-hybridized carbons (Fsp3) is 0.972. The molecule has 0 aromatic heterocycles. The van der Waals surface area contributed by atoms with E-state index in [1.54, 1.807) is 13.8 Å². The Hall–Kier alpha value is -0.730. The van der Waals surface area contributed by atoms with Crippen LogP contribution in [0, 0.1) is 51.2 Å². The molecule has 244 valence electrons. The Morgan fingerprint density at radius 3 is 2.49 bits per heavy atom. The van der Waals surface area contributed by atoms with Crippen LogP contribution in [0.4, 0.5) is 0 Å². The third-order valence-corrected chi connectivity index (χ3v) is 15.0. The quantitative estimate of drug-likeness (QED) is 0.369. The number of carbonyl (C=O) groups is 1. The van der Waals surface area contributed by atoms with Crippen LogP contribution in [-0.2, 0) is 23.7 Å². The molecule has 8 fully saturated rings. The Kier molecular flexibility index (Phi) is 6.82. The molecule has 2 N–H and O–H groups in total. The molecule has 0 radical (unpaired) electrons. The highest BCUT2D eigenvalue weighted by Gasteiger charge is 2.80. The Morgan fingerprint density at radius 2 is 1.77 bits per heavy atom. The second kappa shape index (κ2) is 9.89. The molecule has 8 aliphatic rings. The summed E-state index contributed by atoms with van der Waals surface area (Å²) >= 11 is 0. The van der Waals surface area contributed by atoms with E-state index < -0.39 is 11.7 Å². The van der Waals surface area contributed by atoms with E-state index in [1.165, 1.54) is 38.5 Å². The van der Waals surface area contributed by atoms with Crippen molar-refractivity contribution in [1.29, 1.82) is 0 Å². The van der Waals surface area contributed by atoms with Gasteiger partial charge < -0.3 is 29.4 Å².